The number of aromatic nitrogens is 3. The van der Waals surface area contributed by atoms with E-state index >= 15 is 0 Å². The summed E-state index contributed by atoms with van der Waals surface area (Å²) in [5.74, 6) is 1.58. The summed E-state index contributed by atoms with van der Waals surface area (Å²) in [6.07, 6.45) is 3.05. The number of carbonyl (C=O) groups is 1. The van der Waals surface area contributed by atoms with Crippen LogP contribution in [0.2, 0.25) is 0 Å². The Kier molecular flexibility index (Phi) is 4.60. The fourth-order valence-corrected chi connectivity index (χ4v) is 2.15. The zero-order valence-corrected chi connectivity index (χ0v) is 14.0. The zero-order chi connectivity index (χ0) is 17.8. The van der Waals surface area contributed by atoms with Crippen molar-refractivity contribution in [3.8, 4) is 11.5 Å². The maximum atomic E-state index is 12.0. The molecule has 8 heteroatoms. The molecule has 0 N–H and O–H groups in total. The first kappa shape index (κ1) is 16.4. The van der Waals surface area contributed by atoms with Gasteiger partial charge in [0.1, 0.15) is 0 Å². The van der Waals surface area contributed by atoms with Crippen molar-refractivity contribution in [1.29, 1.82) is 0 Å². The van der Waals surface area contributed by atoms with E-state index in [0.717, 1.165) is 5.56 Å². The van der Waals surface area contributed by atoms with Crippen molar-refractivity contribution >= 4 is 12.2 Å². The number of furan rings is 1. The van der Waals surface area contributed by atoms with Gasteiger partial charge in [-0.3, -0.25) is 0 Å². The first-order valence-corrected chi connectivity index (χ1v) is 7.45. The predicted octanol–water partition coefficient (Wildman–Crippen LogP) is 2.60. The molecular weight excluding hydrogens is 324 g/mol. The molecule has 8 nitrogen and oxygen atoms in total. The van der Waals surface area contributed by atoms with Crippen molar-refractivity contribution in [2.75, 3.05) is 7.11 Å². The van der Waals surface area contributed by atoms with Gasteiger partial charge in [0.05, 0.1) is 19.6 Å². The van der Waals surface area contributed by atoms with Crippen molar-refractivity contribution in [2.24, 2.45) is 5.10 Å². The molecule has 0 radical (unpaired) electrons. The number of nitrogens with zero attached hydrogens (tertiary/aromatic N) is 4. The third-order valence-corrected chi connectivity index (χ3v) is 3.39. The van der Waals surface area contributed by atoms with Crippen LogP contribution >= 0.6 is 0 Å². The van der Waals surface area contributed by atoms with Gasteiger partial charge < -0.3 is 13.9 Å². The highest BCUT2D eigenvalue weighted by molar-refractivity contribution is 5.89. The molecule has 2 aromatic heterocycles. The Morgan fingerprint density at radius 2 is 1.96 bits per heavy atom. The van der Waals surface area contributed by atoms with Crippen molar-refractivity contribution in [2.45, 2.75) is 13.8 Å². The van der Waals surface area contributed by atoms with E-state index < -0.39 is 5.97 Å². The maximum Gasteiger partial charge on any atom is 0.379 e. The molecule has 0 aliphatic carbocycles. The molecule has 0 aliphatic rings. The first-order chi connectivity index (χ1) is 12.1. The molecule has 0 fully saturated rings. The molecule has 128 valence electrons. The highest BCUT2D eigenvalue weighted by Gasteiger charge is 2.14. The number of hydrogen-bond donors (Lipinski definition) is 0. The topological polar surface area (TPSA) is 91.7 Å². The summed E-state index contributed by atoms with van der Waals surface area (Å²) in [6.45, 7) is 3.63. The van der Waals surface area contributed by atoms with Gasteiger partial charge in [-0.05, 0) is 49.7 Å². The quantitative estimate of drug-likeness (QED) is 0.403. The minimum absolute atomic E-state index is 0.117. The summed E-state index contributed by atoms with van der Waals surface area (Å²) in [6, 6.07) is 8.24. The number of benzene rings is 1. The van der Waals surface area contributed by atoms with E-state index in [1.807, 2.05) is 13.8 Å². The Morgan fingerprint density at radius 1 is 1.20 bits per heavy atom. The highest BCUT2D eigenvalue weighted by Crippen LogP contribution is 2.28. The van der Waals surface area contributed by atoms with Gasteiger partial charge in [-0.15, -0.1) is 10.2 Å². The van der Waals surface area contributed by atoms with Gasteiger partial charge in [-0.1, -0.05) is 0 Å². The monoisotopic (exact) mass is 340 g/mol. The second-order valence-corrected chi connectivity index (χ2v) is 5.13. The minimum atomic E-state index is -0.597. The summed E-state index contributed by atoms with van der Waals surface area (Å²) >= 11 is 0. The molecule has 0 atom stereocenters. The fourth-order valence-electron chi connectivity index (χ4n) is 2.15. The third kappa shape index (κ3) is 3.57. The largest absolute Gasteiger partial charge is 0.493 e. The lowest BCUT2D eigenvalue weighted by atomic mass is 10.2. The Hall–Kier alpha value is -3.42. The summed E-state index contributed by atoms with van der Waals surface area (Å²) in [7, 11) is 1.49. The molecule has 1 aromatic carbocycles. The van der Waals surface area contributed by atoms with E-state index in [1.165, 1.54) is 19.4 Å². The van der Waals surface area contributed by atoms with E-state index in [1.54, 1.807) is 35.2 Å². The van der Waals surface area contributed by atoms with Gasteiger partial charge in [0, 0.05) is 0 Å². The number of aryl methyl sites for hydroxylation is 2. The Morgan fingerprint density at radius 3 is 2.60 bits per heavy atom. The average Bonchev–Trinajstić information content (AvgIpc) is 3.25. The lowest BCUT2D eigenvalue weighted by Crippen LogP contribution is -2.08. The van der Waals surface area contributed by atoms with Crippen molar-refractivity contribution < 1.29 is 18.7 Å². The van der Waals surface area contributed by atoms with E-state index in [2.05, 4.69) is 15.3 Å². The second kappa shape index (κ2) is 7.00. The van der Waals surface area contributed by atoms with Crippen LogP contribution in [0.1, 0.15) is 27.8 Å². The third-order valence-electron chi connectivity index (χ3n) is 3.39. The predicted molar refractivity (Wildman–Crippen MR) is 89.1 cm³/mol. The molecule has 0 spiro atoms. The fraction of sp³-hybridized carbons (Fsp3) is 0.176. The molecule has 0 saturated carbocycles. The summed E-state index contributed by atoms with van der Waals surface area (Å²) in [5, 5.41) is 12.2. The van der Waals surface area contributed by atoms with Crippen LogP contribution in [0.15, 0.2) is 46.1 Å². The number of hydrogen-bond acceptors (Lipinski definition) is 7. The van der Waals surface area contributed by atoms with E-state index in [0.29, 0.717) is 17.4 Å². The molecule has 3 aromatic rings. The molecular formula is C17H16N4O4. The van der Waals surface area contributed by atoms with E-state index in [4.69, 9.17) is 13.9 Å². The Bertz CT molecular complexity index is 893. The van der Waals surface area contributed by atoms with Crippen LogP contribution < -0.4 is 9.47 Å². The maximum absolute atomic E-state index is 12.0. The van der Waals surface area contributed by atoms with Crippen LogP contribution in [0.5, 0.6) is 11.5 Å². The van der Waals surface area contributed by atoms with Gasteiger partial charge in [0.15, 0.2) is 23.1 Å². The molecule has 0 saturated heterocycles. The van der Waals surface area contributed by atoms with Crippen LogP contribution in [-0.2, 0) is 0 Å². The summed E-state index contributed by atoms with van der Waals surface area (Å²) in [5.41, 5.74) is 0.766. The smallest absolute Gasteiger partial charge is 0.379 e. The molecule has 25 heavy (non-hydrogen) atoms. The average molecular weight is 340 g/mol. The second-order valence-electron chi connectivity index (χ2n) is 5.13. The number of carbonyl (C=O) groups excluding carboxylic acids is 1. The standard InChI is InChI=1S/C17H16N4O4/c1-11-19-20-12(2)21(11)18-10-13-6-7-14(16(9-13)23-3)25-17(22)15-5-4-8-24-15/h4-10H,1-3H3. The van der Waals surface area contributed by atoms with Crippen LogP contribution in [0, 0.1) is 13.8 Å². The van der Waals surface area contributed by atoms with Crippen molar-refractivity contribution in [3.05, 3.63) is 59.6 Å². The van der Waals surface area contributed by atoms with Gasteiger partial charge >= 0.3 is 5.97 Å². The zero-order valence-electron chi connectivity index (χ0n) is 14.0. The molecule has 3 rings (SSSR count). The number of rotatable bonds is 5. The van der Waals surface area contributed by atoms with Crippen molar-refractivity contribution in [1.82, 2.24) is 14.9 Å². The van der Waals surface area contributed by atoms with E-state index in [-0.39, 0.29) is 11.5 Å². The SMILES string of the molecule is COc1cc(C=Nn2c(C)nnc2C)ccc1OC(=O)c1ccco1. The molecule has 0 bridgehead atoms. The Balaban J connectivity index is 1.81. The van der Waals surface area contributed by atoms with Crippen LogP contribution in [0.3, 0.4) is 0 Å². The van der Waals surface area contributed by atoms with Crippen LogP contribution in [-0.4, -0.2) is 34.2 Å². The van der Waals surface area contributed by atoms with Crippen LogP contribution in [0.25, 0.3) is 0 Å². The summed E-state index contributed by atoms with van der Waals surface area (Å²) < 4.78 is 17.2. The van der Waals surface area contributed by atoms with Crippen molar-refractivity contribution in [3.63, 3.8) is 0 Å². The number of methoxy groups -OCH3 is 1. The molecule has 0 aliphatic heterocycles. The number of esters is 1. The van der Waals surface area contributed by atoms with Gasteiger partial charge in [-0.25, -0.2) is 9.47 Å². The van der Waals surface area contributed by atoms with Gasteiger partial charge in [-0.2, -0.15) is 5.10 Å². The minimum Gasteiger partial charge on any atom is -0.493 e. The Labute approximate surface area is 143 Å². The van der Waals surface area contributed by atoms with Crippen LogP contribution in [0.4, 0.5) is 0 Å². The number of ether oxygens (including phenoxy) is 2. The first-order valence-electron chi connectivity index (χ1n) is 7.45. The van der Waals surface area contributed by atoms with Gasteiger partial charge in [0.2, 0.25) is 5.76 Å². The summed E-state index contributed by atoms with van der Waals surface area (Å²) in [4.78, 5) is 12.0. The highest BCUT2D eigenvalue weighted by atomic mass is 16.6. The lowest BCUT2D eigenvalue weighted by molar-refractivity contribution is 0.0696. The molecule has 0 unspecified atom stereocenters. The normalized spacial score (nSPS) is 11.0. The molecule has 0 amide bonds. The van der Waals surface area contributed by atoms with Gasteiger partial charge in [0.25, 0.3) is 0 Å². The van der Waals surface area contributed by atoms with E-state index in [9.17, 15) is 4.79 Å². The molecule has 2 heterocycles. The lowest BCUT2D eigenvalue weighted by Gasteiger charge is -2.09.